The van der Waals surface area contributed by atoms with E-state index in [1.54, 1.807) is 0 Å². The molecule has 0 radical (unpaired) electrons. The third kappa shape index (κ3) is 3.18. The summed E-state index contributed by atoms with van der Waals surface area (Å²) in [6, 6.07) is 5.67. The van der Waals surface area contributed by atoms with Gasteiger partial charge in [0.15, 0.2) is 6.29 Å². The molecule has 0 aliphatic carbocycles. The minimum atomic E-state index is 0.708. The monoisotopic (exact) mass is 228 g/mol. The van der Waals surface area contributed by atoms with Gasteiger partial charge in [0, 0.05) is 10.0 Å². The zero-order valence-corrected chi connectivity index (χ0v) is 9.18. The minimum absolute atomic E-state index is 0.708. The summed E-state index contributed by atoms with van der Waals surface area (Å²) >= 11 is 3.26. The average Bonchev–Trinajstić information content (AvgIpc) is 2.13. The van der Waals surface area contributed by atoms with E-state index in [1.165, 1.54) is 0 Å². The van der Waals surface area contributed by atoms with Crippen LogP contribution in [0.3, 0.4) is 0 Å². The molecule has 66 valence electrons. The predicted octanol–water partition coefficient (Wildman–Crippen LogP) is 3.60. The molecule has 0 aliphatic rings. The molecule has 1 rings (SSSR count). The van der Waals surface area contributed by atoms with Crippen LogP contribution in [0.25, 0.3) is 0 Å². The first-order chi connectivity index (χ1) is 5.74. The van der Waals surface area contributed by atoms with E-state index in [1.807, 2.05) is 39.0 Å². The summed E-state index contributed by atoms with van der Waals surface area (Å²) in [5, 5.41) is 0. The van der Waals surface area contributed by atoms with Gasteiger partial charge in [-0.3, -0.25) is 4.79 Å². The van der Waals surface area contributed by atoms with E-state index in [0.717, 1.165) is 16.3 Å². The Morgan fingerprint density at radius 1 is 1.33 bits per heavy atom. The average molecular weight is 229 g/mol. The van der Waals surface area contributed by atoms with Crippen molar-refractivity contribution in [1.82, 2.24) is 0 Å². The number of hydrogen-bond donors (Lipinski definition) is 0. The number of carbonyl (C=O) groups excluding carboxylic acids is 1. The molecule has 0 aliphatic heterocycles. The van der Waals surface area contributed by atoms with Gasteiger partial charge in [0.1, 0.15) is 0 Å². The molecule has 0 unspecified atom stereocenters. The summed E-state index contributed by atoms with van der Waals surface area (Å²) in [4.78, 5) is 10.3. The number of aryl methyl sites for hydroxylation is 1. The highest BCUT2D eigenvalue weighted by Gasteiger charge is 1.95. The lowest BCUT2D eigenvalue weighted by atomic mass is 10.2. The smallest absolute Gasteiger partial charge is 0.151 e. The Labute approximate surface area is 81.9 Å². The third-order valence-corrected chi connectivity index (χ3v) is 2.00. The van der Waals surface area contributed by atoms with Crippen LogP contribution >= 0.6 is 15.9 Å². The Kier molecular flexibility index (Phi) is 5.64. The summed E-state index contributed by atoms with van der Waals surface area (Å²) < 4.78 is 0.855. The normalized spacial score (nSPS) is 8.33. The highest BCUT2D eigenvalue weighted by atomic mass is 79.9. The van der Waals surface area contributed by atoms with Gasteiger partial charge in [-0.05, 0) is 19.1 Å². The molecule has 0 fully saturated rings. The van der Waals surface area contributed by atoms with Crippen LogP contribution in [-0.2, 0) is 0 Å². The van der Waals surface area contributed by atoms with Gasteiger partial charge in [-0.25, -0.2) is 0 Å². The molecule has 12 heavy (non-hydrogen) atoms. The number of rotatable bonds is 1. The zero-order chi connectivity index (χ0) is 9.56. The molecular formula is C10H13BrO. The van der Waals surface area contributed by atoms with E-state index in [0.29, 0.717) is 5.56 Å². The first-order valence-corrected chi connectivity index (χ1v) is 4.74. The SMILES string of the molecule is CC.Cc1ccc(Br)c(C=O)c1. The van der Waals surface area contributed by atoms with E-state index in [2.05, 4.69) is 15.9 Å². The Hall–Kier alpha value is -0.630. The van der Waals surface area contributed by atoms with Crippen molar-refractivity contribution in [1.29, 1.82) is 0 Å². The van der Waals surface area contributed by atoms with Crippen molar-refractivity contribution < 1.29 is 4.79 Å². The second kappa shape index (κ2) is 5.95. The molecule has 1 aromatic rings. The molecule has 0 atom stereocenters. The standard InChI is InChI=1S/C8H7BrO.C2H6/c1-6-2-3-8(9)7(4-6)5-10;1-2/h2-5H,1H3;1-2H3. The largest absolute Gasteiger partial charge is 0.298 e. The number of benzene rings is 1. The first kappa shape index (κ1) is 11.4. The predicted molar refractivity (Wildman–Crippen MR) is 55.6 cm³/mol. The van der Waals surface area contributed by atoms with E-state index >= 15 is 0 Å². The van der Waals surface area contributed by atoms with Crippen LogP contribution < -0.4 is 0 Å². The van der Waals surface area contributed by atoms with Gasteiger partial charge in [0.2, 0.25) is 0 Å². The molecule has 0 aromatic heterocycles. The highest BCUT2D eigenvalue weighted by molar-refractivity contribution is 9.10. The maximum absolute atomic E-state index is 10.3. The van der Waals surface area contributed by atoms with E-state index in [-0.39, 0.29) is 0 Å². The van der Waals surface area contributed by atoms with Crippen molar-refractivity contribution in [2.45, 2.75) is 20.8 Å². The van der Waals surface area contributed by atoms with Crippen LogP contribution in [-0.4, -0.2) is 6.29 Å². The second-order valence-electron chi connectivity index (χ2n) is 2.14. The fraction of sp³-hybridized carbons (Fsp3) is 0.300. The van der Waals surface area contributed by atoms with Crippen molar-refractivity contribution in [3.05, 3.63) is 33.8 Å². The van der Waals surface area contributed by atoms with E-state index in [4.69, 9.17) is 0 Å². The van der Waals surface area contributed by atoms with Crippen molar-refractivity contribution in [2.75, 3.05) is 0 Å². The fourth-order valence-electron chi connectivity index (χ4n) is 0.753. The Morgan fingerprint density at radius 3 is 2.33 bits per heavy atom. The van der Waals surface area contributed by atoms with Gasteiger partial charge in [-0.2, -0.15) is 0 Å². The van der Waals surface area contributed by atoms with Gasteiger partial charge in [0.05, 0.1) is 0 Å². The van der Waals surface area contributed by atoms with Crippen LogP contribution in [0, 0.1) is 6.92 Å². The van der Waals surface area contributed by atoms with Gasteiger partial charge >= 0.3 is 0 Å². The number of hydrogen-bond acceptors (Lipinski definition) is 1. The van der Waals surface area contributed by atoms with Crippen molar-refractivity contribution >= 4 is 22.2 Å². The summed E-state index contributed by atoms with van der Waals surface area (Å²) in [6.45, 7) is 5.96. The molecule has 2 heteroatoms. The van der Waals surface area contributed by atoms with Crippen molar-refractivity contribution in [3.8, 4) is 0 Å². The summed E-state index contributed by atoms with van der Waals surface area (Å²) in [5.74, 6) is 0. The first-order valence-electron chi connectivity index (χ1n) is 3.95. The van der Waals surface area contributed by atoms with Crippen LogP contribution in [0.15, 0.2) is 22.7 Å². The maximum atomic E-state index is 10.3. The van der Waals surface area contributed by atoms with Gasteiger partial charge in [-0.1, -0.05) is 41.4 Å². The van der Waals surface area contributed by atoms with Gasteiger partial charge in [-0.15, -0.1) is 0 Å². The third-order valence-electron chi connectivity index (χ3n) is 1.28. The van der Waals surface area contributed by atoms with Crippen molar-refractivity contribution in [3.63, 3.8) is 0 Å². The lowest BCUT2D eigenvalue weighted by Crippen LogP contribution is -1.82. The Bertz CT molecular complexity index is 256. The molecule has 0 spiro atoms. The number of halogens is 1. The summed E-state index contributed by atoms with van der Waals surface area (Å²) in [6.07, 6.45) is 0.844. The second-order valence-corrected chi connectivity index (χ2v) is 3.00. The topological polar surface area (TPSA) is 17.1 Å². The summed E-state index contributed by atoms with van der Waals surface area (Å²) in [7, 11) is 0. The molecule has 0 N–H and O–H groups in total. The summed E-state index contributed by atoms with van der Waals surface area (Å²) in [5.41, 5.74) is 1.81. The molecule has 0 saturated heterocycles. The van der Waals surface area contributed by atoms with Gasteiger partial charge < -0.3 is 0 Å². The highest BCUT2D eigenvalue weighted by Crippen LogP contribution is 2.15. The molecule has 0 saturated carbocycles. The lowest BCUT2D eigenvalue weighted by molar-refractivity contribution is 0.112. The Balaban J connectivity index is 0.000000561. The van der Waals surface area contributed by atoms with Crippen molar-refractivity contribution in [2.24, 2.45) is 0 Å². The molecule has 1 aromatic carbocycles. The minimum Gasteiger partial charge on any atom is -0.298 e. The van der Waals surface area contributed by atoms with Crippen LogP contribution in [0.1, 0.15) is 29.8 Å². The van der Waals surface area contributed by atoms with E-state index in [9.17, 15) is 4.79 Å². The fourth-order valence-corrected chi connectivity index (χ4v) is 1.09. The molecule has 0 bridgehead atoms. The molecule has 1 nitrogen and oxygen atoms in total. The van der Waals surface area contributed by atoms with Crippen LogP contribution in [0.5, 0.6) is 0 Å². The zero-order valence-electron chi connectivity index (χ0n) is 7.60. The Morgan fingerprint density at radius 2 is 1.92 bits per heavy atom. The lowest BCUT2D eigenvalue weighted by Gasteiger charge is -1.95. The maximum Gasteiger partial charge on any atom is 0.151 e. The van der Waals surface area contributed by atoms with Crippen LogP contribution in [0.2, 0.25) is 0 Å². The number of carbonyl (C=O) groups is 1. The molecule has 0 heterocycles. The van der Waals surface area contributed by atoms with Gasteiger partial charge in [0.25, 0.3) is 0 Å². The van der Waals surface area contributed by atoms with Crippen LogP contribution in [0.4, 0.5) is 0 Å². The molecule has 0 amide bonds. The quantitative estimate of drug-likeness (QED) is 0.672. The number of aldehydes is 1. The molecular weight excluding hydrogens is 216 g/mol. The van der Waals surface area contributed by atoms with E-state index < -0.39 is 0 Å².